The van der Waals surface area contributed by atoms with Gasteiger partial charge in [-0.2, -0.15) is 0 Å². The molecule has 0 aliphatic rings. The van der Waals surface area contributed by atoms with Crippen LogP contribution in [0.3, 0.4) is 0 Å². The number of nitrogens with zero attached hydrogens (tertiary/aromatic N) is 2. The number of nitrogen functional groups attached to an aromatic ring is 1. The molecule has 0 radical (unpaired) electrons. The molecule has 1 heterocycles. The number of carbonyl (C=O) groups is 1. The zero-order chi connectivity index (χ0) is 13.5. The van der Waals surface area contributed by atoms with Crippen molar-refractivity contribution in [1.82, 2.24) is 9.97 Å². The number of anilines is 1. The lowest BCUT2D eigenvalue weighted by Crippen LogP contribution is -2.15. The van der Waals surface area contributed by atoms with Crippen LogP contribution in [0.5, 0.6) is 0 Å². The molecular formula is C10H15N3O4S. The SMILES string of the molecule is CCOC(=O)c1cnc(SCC(O)CO)nc1N. The molecule has 0 bridgehead atoms. The van der Waals surface area contributed by atoms with Gasteiger partial charge in [-0.3, -0.25) is 0 Å². The molecule has 1 rings (SSSR count). The number of ether oxygens (including phenoxy) is 1. The minimum atomic E-state index is -0.843. The molecular weight excluding hydrogens is 258 g/mol. The Morgan fingerprint density at radius 3 is 2.94 bits per heavy atom. The van der Waals surface area contributed by atoms with E-state index in [0.29, 0.717) is 5.16 Å². The molecule has 1 aromatic rings. The van der Waals surface area contributed by atoms with Gasteiger partial charge in [0.1, 0.15) is 11.4 Å². The van der Waals surface area contributed by atoms with Gasteiger partial charge in [0.25, 0.3) is 0 Å². The Bertz CT molecular complexity index is 416. The molecule has 1 aromatic heterocycles. The van der Waals surface area contributed by atoms with Gasteiger partial charge >= 0.3 is 5.97 Å². The minimum absolute atomic E-state index is 0.0319. The van der Waals surface area contributed by atoms with Gasteiger partial charge in [0.05, 0.1) is 19.3 Å². The Kier molecular flexibility index (Phi) is 5.83. The molecule has 100 valence electrons. The quantitative estimate of drug-likeness (QED) is 0.366. The van der Waals surface area contributed by atoms with Gasteiger partial charge in [-0.25, -0.2) is 14.8 Å². The molecule has 4 N–H and O–H groups in total. The first-order chi connectivity index (χ1) is 8.58. The summed E-state index contributed by atoms with van der Waals surface area (Å²) in [4.78, 5) is 19.3. The molecule has 18 heavy (non-hydrogen) atoms. The maximum Gasteiger partial charge on any atom is 0.343 e. The van der Waals surface area contributed by atoms with Gasteiger partial charge in [-0.15, -0.1) is 0 Å². The van der Waals surface area contributed by atoms with E-state index in [9.17, 15) is 4.79 Å². The molecule has 0 fully saturated rings. The van der Waals surface area contributed by atoms with Crippen LogP contribution in [-0.2, 0) is 4.74 Å². The molecule has 0 saturated carbocycles. The number of rotatable bonds is 6. The van der Waals surface area contributed by atoms with Crippen molar-refractivity contribution in [3.63, 3.8) is 0 Å². The maximum absolute atomic E-state index is 11.4. The normalized spacial score (nSPS) is 12.2. The summed E-state index contributed by atoms with van der Waals surface area (Å²) in [5.41, 5.74) is 5.73. The van der Waals surface area contributed by atoms with Crippen molar-refractivity contribution < 1.29 is 19.7 Å². The highest BCUT2D eigenvalue weighted by Gasteiger charge is 2.14. The minimum Gasteiger partial charge on any atom is -0.462 e. The van der Waals surface area contributed by atoms with Crippen LogP contribution in [-0.4, -0.2) is 51.2 Å². The van der Waals surface area contributed by atoms with E-state index >= 15 is 0 Å². The number of carbonyl (C=O) groups excluding carboxylic acids is 1. The third-order valence-corrected chi connectivity index (χ3v) is 2.91. The van der Waals surface area contributed by atoms with E-state index in [4.69, 9.17) is 20.7 Å². The number of nitrogens with two attached hydrogens (primary N) is 1. The van der Waals surface area contributed by atoms with E-state index in [-0.39, 0.29) is 30.3 Å². The number of hydrogen-bond acceptors (Lipinski definition) is 8. The van der Waals surface area contributed by atoms with Gasteiger partial charge in [-0.1, -0.05) is 11.8 Å². The third-order valence-electron chi connectivity index (χ3n) is 1.91. The fourth-order valence-electron chi connectivity index (χ4n) is 1.04. The molecule has 1 unspecified atom stereocenters. The van der Waals surface area contributed by atoms with Gasteiger partial charge < -0.3 is 20.7 Å². The smallest absolute Gasteiger partial charge is 0.343 e. The van der Waals surface area contributed by atoms with Crippen molar-refractivity contribution in [3.05, 3.63) is 11.8 Å². The van der Waals surface area contributed by atoms with Gasteiger partial charge in [0.15, 0.2) is 5.16 Å². The van der Waals surface area contributed by atoms with Crippen LogP contribution in [0.2, 0.25) is 0 Å². The van der Waals surface area contributed by atoms with E-state index in [1.165, 1.54) is 6.20 Å². The fraction of sp³-hybridized carbons (Fsp3) is 0.500. The first kappa shape index (κ1) is 14.7. The topological polar surface area (TPSA) is 119 Å². The van der Waals surface area contributed by atoms with Gasteiger partial charge in [0, 0.05) is 11.9 Å². The second-order valence-corrected chi connectivity index (χ2v) is 4.31. The number of thioether (sulfide) groups is 1. The molecule has 0 saturated heterocycles. The standard InChI is InChI=1S/C10H15N3O4S/c1-2-17-9(16)7-3-12-10(13-8(7)11)18-5-6(15)4-14/h3,6,14-15H,2,4-5H2,1H3,(H2,11,12,13). The third kappa shape index (κ3) is 4.13. The highest BCUT2D eigenvalue weighted by atomic mass is 32.2. The summed E-state index contributed by atoms with van der Waals surface area (Å²) >= 11 is 1.14. The lowest BCUT2D eigenvalue weighted by molar-refractivity contribution is 0.0526. The first-order valence-electron chi connectivity index (χ1n) is 5.29. The summed E-state index contributed by atoms with van der Waals surface area (Å²) in [7, 11) is 0. The van der Waals surface area contributed by atoms with E-state index in [0.717, 1.165) is 11.8 Å². The predicted molar refractivity (Wildman–Crippen MR) is 66.2 cm³/mol. The molecule has 7 nitrogen and oxygen atoms in total. The summed E-state index contributed by atoms with van der Waals surface area (Å²) < 4.78 is 4.79. The number of esters is 1. The summed E-state index contributed by atoms with van der Waals surface area (Å²) in [6, 6.07) is 0. The predicted octanol–water partition coefficient (Wildman–Crippen LogP) is -0.319. The van der Waals surface area contributed by atoms with Crippen molar-refractivity contribution in [2.45, 2.75) is 18.2 Å². The summed E-state index contributed by atoms with van der Waals surface area (Å²) in [6.45, 7) is 1.61. The molecule has 0 spiro atoms. The van der Waals surface area contributed by atoms with E-state index < -0.39 is 12.1 Å². The Morgan fingerprint density at radius 2 is 2.39 bits per heavy atom. The summed E-state index contributed by atoms with van der Waals surface area (Å²) in [6.07, 6.45) is 0.443. The first-order valence-corrected chi connectivity index (χ1v) is 6.28. The average Bonchev–Trinajstić information content (AvgIpc) is 2.36. The highest BCUT2D eigenvalue weighted by Crippen LogP contribution is 2.17. The fourth-order valence-corrected chi connectivity index (χ4v) is 1.77. The molecule has 0 aromatic carbocycles. The van der Waals surface area contributed by atoms with Crippen molar-refractivity contribution >= 4 is 23.5 Å². The van der Waals surface area contributed by atoms with Crippen LogP contribution < -0.4 is 5.73 Å². The second-order valence-electron chi connectivity index (χ2n) is 3.32. The van der Waals surface area contributed by atoms with Crippen LogP contribution >= 0.6 is 11.8 Å². The lowest BCUT2D eigenvalue weighted by atomic mass is 10.3. The van der Waals surface area contributed by atoms with Crippen LogP contribution in [0.15, 0.2) is 11.4 Å². The second kappa shape index (κ2) is 7.14. The van der Waals surface area contributed by atoms with Crippen molar-refractivity contribution in [2.24, 2.45) is 0 Å². The summed E-state index contributed by atoms with van der Waals surface area (Å²) in [5.74, 6) is -0.291. The largest absolute Gasteiger partial charge is 0.462 e. The van der Waals surface area contributed by atoms with Crippen molar-refractivity contribution in [2.75, 3.05) is 24.7 Å². The Balaban J connectivity index is 2.70. The highest BCUT2D eigenvalue weighted by molar-refractivity contribution is 7.99. The molecule has 0 amide bonds. The van der Waals surface area contributed by atoms with Crippen molar-refractivity contribution in [1.29, 1.82) is 0 Å². The zero-order valence-electron chi connectivity index (χ0n) is 9.87. The van der Waals surface area contributed by atoms with E-state index in [2.05, 4.69) is 9.97 Å². The lowest BCUT2D eigenvalue weighted by Gasteiger charge is -2.07. The van der Waals surface area contributed by atoms with Gasteiger partial charge in [-0.05, 0) is 6.92 Å². The number of aliphatic hydroxyl groups is 2. The number of aromatic nitrogens is 2. The average molecular weight is 273 g/mol. The van der Waals surface area contributed by atoms with Crippen LogP contribution in [0, 0.1) is 0 Å². The molecule has 0 aliphatic carbocycles. The van der Waals surface area contributed by atoms with Gasteiger partial charge in [0.2, 0.25) is 0 Å². The van der Waals surface area contributed by atoms with Crippen LogP contribution in [0.1, 0.15) is 17.3 Å². The molecule has 0 aliphatic heterocycles. The Hall–Kier alpha value is -1.38. The number of aliphatic hydroxyl groups excluding tert-OH is 2. The monoisotopic (exact) mass is 273 g/mol. The van der Waals surface area contributed by atoms with E-state index in [1.54, 1.807) is 6.92 Å². The molecule has 1 atom stereocenters. The maximum atomic E-state index is 11.4. The van der Waals surface area contributed by atoms with Crippen molar-refractivity contribution in [3.8, 4) is 0 Å². The number of hydrogen-bond donors (Lipinski definition) is 3. The van der Waals surface area contributed by atoms with Crippen LogP contribution in [0.4, 0.5) is 5.82 Å². The molecule has 8 heteroatoms. The Labute approximate surface area is 108 Å². The van der Waals surface area contributed by atoms with Crippen LogP contribution in [0.25, 0.3) is 0 Å². The Morgan fingerprint density at radius 1 is 1.67 bits per heavy atom. The zero-order valence-corrected chi connectivity index (χ0v) is 10.7. The van der Waals surface area contributed by atoms with E-state index in [1.807, 2.05) is 0 Å². The summed E-state index contributed by atoms with van der Waals surface area (Å²) in [5, 5.41) is 18.1.